The van der Waals surface area contributed by atoms with Crippen molar-refractivity contribution in [1.82, 2.24) is 0 Å². The lowest BCUT2D eigenvalue weighted by Gasteiger charge is -2.14. The molecule has 37 heavy (non-hydrogen) atoms. The van der Waals surface area contributed by atoms with Crippen molar-refractivity contribution in [3.63, 3.8) is 0 Å². The molecule has 0 atom stereocenters. The maximum Gasteiger partial charge on any atom is 0.453 e. The Labute approximate surface area is 208 Å². The summed E-state index contributed by atoms with van der Waals surface area (Å²) in [6.07, 6.45) is -4.28. The molecule has 4 aromatic carbocycles. The second-order valence-electron chi connectivity index (χ2n) is 8.26. The first kappa shape index (κ1) is 24.1. The van der Waals surface area contributed by atoms with Crippen molar-refractivity contribution < 1.29 is 31.9 Å². The number of fused-ring (bicyclic) bond motifs is 2. The fourth-order valence-electron chi connectivity index (χ4n) is 3.98. The molecule has 0 unspecified atom stereocenters. The molecule has 5 rings (SSSR count). The molecule has 0 aliphatic heterocycles. The highest BCUT2D eigenvalue weighted by Gasteiger charge is 2.40. The first-order valence-corrected chi connectivity index (χ1v) is 11.4. The summed E-state index contributed by atoms with van der Waals surface area (Å²) in [6, 6.07) is 22.3. The number of hydrogen-bond acceptors (Lipinski definition) is 5. The average Bonchev–Trinajstić information content (AvgIpc) is 2.89. The molecule has 8 heteroatoms. The van der Waals surface area contributed by atoms with Crippen LogP contribution in [0.25, 0.3) is 21.7 Å². The maximum absolute atomic E-state index is 13.9. The minimum Gasteiger partial charge on any atom is -0.449 e. The Bertz CT molecular complexity index is 1680. The van der Waals surface area contributed by atoms with Crippen LogP contribution in [0.1, 0.15) is 28.6 Å². The Morgan fingerprint density at radius 2 is 1.57 bits per heavy atom. The van der Waals surface area contributed by atoms with E-state index in [4.69, 9.17) is 13.9 Å². The molecule has 186 valence electrons. The molecule has 0 spiro atoms. The minimum atomic E-state index is -5.01. The smallest absolute Gasteiger partial charge is 0.449 e. The van der Waals surface area contributed by atoms with Gasteiger partial charge in [-0.1, -0.05) is 55.5 Å². The fourth-order valence-corrected chi connectivity index (χ4v) is 3.98. The molecular weight excluding hydrogens is 485 g/mol. The summed E-state index contributed by atoms with van der Waals surface area (Å²) in [4.78, 5) is 25.9. The largest absolute Gasteiger partial charge is 0.453 e. The van der Waals surface area contributed by atoms with Crippen LogP contribution in [-0.4, -0.2) is 5.97 Å². The maximum atomic E-state index is 13.9. The van der Waals surface area contributed by atoms with Gasteiger partial charge < -0.3 is 13.9 Å². The number of aryl methyl sites for hydroxylation is 1. The van der Waals surface area contributed by atoms with Gasteiger partial charge in [-0.3, -0.25) is 4.79 Å². The van der Waals surface area contributed by atoms with E-state index in [9.17, 15) is 22.8 Å². The van der Waals surface area contributed by atoms with Crippen LogP contribution in [0.3, 0.4) is 0 Å². The summed E-state index contributed by atoms with van der Waals surface area (Å²) in [5.41, 5.74) is -0.151. The van der Waals surface area contributed by atoms with Crippen LogP contribution in [0.2, 0.25) is 0 Å². The van der Waals surface area contributed by atoms with Crippen molar-refractivity contribution >= 4 is 27.7 Å². The topological polar surface area (TPSA) is 65.7 Å². The van der Waals surface area contributed by atoms with Crippen LogP contribution in [0.4, 0.5) is 13.2 Å². The third-order valence-corrected chi connectivity index (χ3v) is 5.85. The predicted molar refractivity (Wildman–Crippen MR) is 132 cm³/mol. The number of carbonyl (C=O) groups excluding carboxylic acids is 1. The second kappa shape index (κ2) is 9.46. The number of esters is 1. The predicted octanol–water partition coefficient (Wildman–Crippen LogP) is 7.54. The third-order valence-electron chi connectivity index (χ3n) is 5.85. The second-order valence-corrected chi connectivity index (χ2v) is 8.26. The van der Waals surface area contributed by atoms with Crippen LogP contribution < -0.4 is 14.9 Å². The fraction of sp³-hybridized carbons (Fsp3) is 0.103. The van der Waals surface area contributed by atoms with E-state index in [2.05, 4.69) is 0 Å². The van der Waals surface area contributed by atoms with E-state index < -0.39 is 34.7 Å². The van der Waals surface area contributed by atoms with Gasteiger partial charge >= 0.3 is 12.1 Å². The lowest BCUT2D eigenvalue weighted by molar-refractivity contribution is -0.154. The van der Waals surface area contributed by atoms with E-state index in [-0.39, 0.29) is 22.4 Å². The van der Waals surface area contributed by atoms with Gasteiger partial charge in [0.1, 0.15) is 17.1 Å². The van der Waals surface area contributed by atoms with Crippen molar-refractivity contribution in [3.05, 3.63) is 112 Å². The van der Waals surface area contributed by atoms with Crippen LogP contribution >= 0.6 is 0 Å². The van der Waals surface area contributed by atoms with Crippen molar-refractivity contribution in [3.8, 4) is 17.2 Å². The number of rotatable bonds is 5. The average molecular weight is 504 g/mol. The first-order chi connectivity index (χ1) is 17.7. The lowest BCUT2D eigenvalue weighted by atomic mass is 10.0. The molecule has 0 saturated heterocycles. The quantitative estimate of drug-likeness (QED) is 0.183. The summed E-state index contributed by atoms with van der Waals surface area (Å²) in [6.45, 7) is 1.93. The molecule has 0 fully saturated rings. The van der Waals surface area contributed by atoms with Crippen molar-refractivity contribution in [2.45, 2.75) is 19.5 Å². The minimum absolute atomic E-state index is 0.0648. The number of hydrogen-bond donors (Lipinski definition) is 0. The summed E-state index contributed by atoms with van der Waals surface area (Å²) >= 11 is 0. The standard InChI is InChI=1S/C29H19F3O5/c1-2-17-10-12-19(13-11-17)35-26-25(33)23-15-14-20(16-24(23)37-27(26)29(30,31)32)36-28(34)22-9-5-7-18-6-3-4-8-21(18)22/h3-16H,2H2,1H3. The molecule has 0 aliphatic carbocycles. The highest BCUT2D eigenvalue weighted by molar-refractivity contribution is 6.05. The van der Waals surface area contributed by atoms with E-state index in [1.54, 1.807) is 36.4 Å². The van der Waals surface area contributed by atoms with Crippen LogP contribution in [0, 0.1) is 0 Å². The van der Waals surface area contributed by atoms with Gasteiger partial charge in [0, 0.05) is 6.07 Å². The normalized spacial score (nSPS) is 11.6. The van der Waals surface area contributed by atoms with Gasteiger partial charge in [0.05, 0.1) is 10.9 Å². The molecule has 5 nitrogen and oxygen atoms in total. The van der Waals surface area contributed by atoms with E-state index >= 15 is 0 Å². The van der Waals surface area contributed by atoms with Gasteiger partial charge in [-0.25, -0.2) is 4.79 Å². The van der Waals surface area contributed by atoms with E-state index in [1.807, 2.05) is 25.1 Å². The number of benzene rings is 4. The summed E-state index contributed by atoms with van der Waals surface area (Å²) in [7, 11) is 0. The zero-order chi connectivity index (χ0) is 26.2. The molecule has 0 aliphatic rings. The SMILES string of the molecule is CCc1ccc(Oc2c(C(F)(F)F)oc3cc(OC(=O)c4cccc5ccccc45)ccc3c2=O)cc1. The zero-order valence-corrected chi connectivity index (χ0v) is 19.5. The van der Waals surface area contributed by atoms with Crippen molar-refractivity contribution in [1.29, 1.82) is 0 Å². The molecule has 0 radical (unpaired) electrons. The van der Waals surface area contributed by atoms with E-state index in [0.29, 0.717) is 5.39 Å². The molecule has 1 aromatic heterocycles. The lowest BCUT2D eigenvalue weighted by Crippen LogP contribution is -2.15. The van der Waals surface area contributed by atoms with Gasteiger partial charge in [-0.2, -0.15) is 13.2 Å². The highest BCUT2D eigenvalue weighted by Crippen LogP contribution is 2.38. The Morgan fingerprint density at radius 3 is 2.30 bits per heavy atom. The molecule has 0 bridgehead atoms. The third kappa shape index (κ3) is 4.78. The molecule has 0 N–H and O–H groups in total. The van der Waals surface area contributed by atoms with Crippen LogP contribution in [0.15, 0.2) is 94.1 Å². The van der Waals surface area contributed by atoms with Gasteiger partial charge in [-0.05, 0) is 53.1 Å². The number of ether oxygens (including phenoxy) is 2. The number of carbonyl (C=O) groups is 1. The molecule has 1 heterocycles. The van der Waals surface area contributed by atoms with E-state index in [1.165, 1.54) is 24.3 Å². The number of halogens is 3. The summed E-state index contributed by atoms with van der Waals surface area (Å²) in [5.74, 6) is -3.27. The van der Waals surface area contributed by atoms with Gasteiger partial charge in [0.2, 0.25) is 11.2 Å². The molecule has 5 aromatic rings. The Morgan fingerprint density at radius 1 is 0.865 bits per heavy atom. The molecular formula is C29H19F3O5. The van der Waals surface area contributed by atoms with Gasteiger partial charge in [0.15, 0.2) is 0 Å². The molecule has 0 saturated carbocycles. The Kier molecular flexibility index (Phi) is 6.17. The van der Waals surface area contributed by atoms with Crippen LogP contribution in [-0.2, 0) is 12.6 Å². The summed E-state index contributed by atoms with van der Waals surface area (Å²) < 4.78 is 57.5. The van der Waals surface area contributed by atoms with E-state index in [0.717, 1.165) is 23.4 Å². The Balaban J connectivity index is 1.53. The van der Waals surface area contributed by atoms with Crippen molar-refractivity contribution in [2.75, 3.05) is 0 Å². The zero-order valence-electron chi connectivity index (χ0n) is 19.5. The van der Waals surface area contributed by atoms with Gasteiger partial charge in [-0.15, -0.1) is 0 Å². The monoisotopic (exact) mass is 504 g/mol. The number of alkyl halides is 3. The summed E-state index contributed by atoms with van der Waals surface area (Å²) in [5, 5.41) is 1.33. The van der Waals surface area contributed by atoms with Crippen LogP contribution in [0.5, 0.6) is 17.2 Å². The Hall–Kier alpha value is -4.59. The van der Waals surface area contributed by atoms with Gasteiger partial charge in [0.25, 0.3) is 5.76 Å². The molecule has 0 amide bonds. The first-order valence-electron chi connectivity index (χ1n) is 11.4. The highest BCUT2D eigenvalue weighted by atomic mass is 19.4. The van der Waals surface area contributed by atoms with Crippen molar-refractivity contribution in [2.24, 2.45) is 0 Å².